The van der Waals surface area contributed by atoms with Crippen molar-refractivity contribution in [2.75, 3.05) is 97.8 Å². The lowest BCUT2D eigenvalue weighted by Gasteiger charge is -2.35. The number of amides is 1. The Labute approximate surface area is 268 Å². The molecule has 1 heterocycles. The van der Waals surface area contributed by atoms with Gasteiger partial charge < -0.3 is 19.6 Å². The van der Waals surface area contributed by atoms with E-state index in [1.807, 2.05) is 85.2 Å². The van der Waals surface area contributed by atoms with Gasteiger partial charge in [-0.2, -0.15) is 0 Å². The molecule has 2 aromatic rings. The number of rotatable bonds is 12. The fraction of sp³-hybridized carbons (Fsp3) is 0.567. The van der Waals surface area contributed by atoms with Gasteiger partial charge >= 0.3 is 0 Å². The van der Waals surface area contributed by atoms with Crippen LogP contribution < -0.4 is 0 Å². The van der Waals surface area contributed by atoms with Gasteiger partial charge in [-0.15, -0.1) is 0 Å². The lowest BCUT2D eigenvalue weighted by Crippen LogP contribution is -2.48. The zero-order chi connectivity index (χ0) is 33.1. The SMILES string of the molecule is CP(=O)(O)CN1CCN(CC(=O)N(Cc2ccccc2)Cc2ccccc2)CCN(CP(C)(=O)O)CCN(CP(C)(=O)O)CC1. The third kappa shape index (κ3) is 16.1. The second-order valence-electron chi connectivity index (χ2n) is 12.4. The van der Waals surface area contributed by atoms with Crippen molar-refractivity contribution in [1.82, 2.24) is 24.5 Å². The Morgan fingerprint density at radius 2 is 0.867 bits per heavy atom. The van der Waals surface area contributed by atoms with E-state index in [2.05, 4.69) is 0 Å². The molecule has 1 aliphatic rings. The Hall–Kier alpha value is -1.68. The van der Waals surface area contributed by atoms with Crippen LogP contribution in [0.4, 0.5) is 0 Å². The summed E-state index contributed by atoms with van der Waals surface area (Å²) in [5, 5.41) is 0. The molecule has 1 fully saturated rings. The molecule has 1 amide bonds. The van der Waals surface area contributed by atoms with Crippen LogP contribution in [-0.2, 0) is 31.6 Å². The van der Waals surface area contributed by atoms with E-state index in [1.54, 1.807) is 0 Å². The fourth-order valence-corrected chi connectivity index (χ4v) is 8.48. The smallest absolute Gasteiger partial charge is 0.237 e. The van der Waals surface area contributed by atoms with Crippen LogP contribution in [-0.4, -0.2) is 143 Å². The second-order valence-corrected chi connectivity index (χ2v) is 19.6. The molecule has 1 aliphatic heterocycles. The molecule has 3 atom stereocenters. The fourth-order valence-electron chi connectivity index (χ4n) is 5.41. The number of hydrogen-bond donors (Lipinski definition) is 3. The van der Waals surface area contributed by atoms with Crippen molar-refractivity contribution in [2.24, 2.45) is 0 Å². The number of nitrogens with zero attached hydrogens (tertiary/aromatic N) is 5. The number of benzene rings is 2. The van der Waals surface area contributed by atoms with E-state index in [-0.39, 0.29) is 31.3 Å². The normalized spacial score (nSPS) is 21.0. The lowest BCUT2D eigenvalue weighted by atomic mass is 10.1. The molecule has 15 heteroatoms. The van der Waals surface area contributed by atoms with Crippen LogP contribution in [0.25, 0.3) is 0 Å². The molecule has 0 saturated carbocycles. The van der Waals surface area contributed by atoms with Crippen molar-refractivity contribution >= 4 is 28.0 Å². The predicted molar refractivity (Wildman–Crippen MR) is 180 cm³/mol. The van der Waals surface area contributed by atoms with E-state index >= 15 is 0 Å². The van der Waals surface area contributed by atoms with Gasteiger partial charge in [0, 0.05) is 85.4 Å². The first-order valence-electron chi connectivity index (χ1n) is 15.2. The third-order valence-electron chi connectivity index (χ3n) is 7.46. The van der Waals surface area contributed by atoms with Crippen LogP contribution >= 0.6 is 22.1 Å². The summed E-state index contributed by atoms with van der Waals surface area (Å²) in [4.78, 5) is 53.8. The first-order valence-corrected chi connectivity index (χ1v) is 22.1. The van der Waals surface area contributed by atoms with Gasteiger partial charge in [-0.1, -0.05) is 60.7 Å². The van der Waals surface area contributed by atoms with Crippen LogP contribution in [0.5, 0.6) is 0 Å². The van der Waals surface area contributed by atoms with Crippen LogP contribution in [0.1, 0.15) is 11.1 Å². The predicted octanol–water partition coefficient (Wildman–Crippen LogP) is 3.01. The maximum absolute atomic E-state index is 13.9. The average molecular weight is 686 g/mol. The van der Waals surface area contributed by atoms with E-state index in [0.29, 0.717) is 65.4 Å². The van der Waals surface area contributed by atoms with Gasteiger partial charge in [0.15, 0.2) is 0 Å². The highest BCUT2D eigenvalue weighted by Crippen LogP contribution is 2.38. The molecule has 3 rings (SSSR count). The Bertz CT molecular complexity index is 1250. The van der Waals surface area contributed by atoms with Crippen LogP contribution in [0.3, 0.4) is 0 Å². The van der Waals surface area contributed by atoms with E-state index in [1.165, 1.54) is 20.0 Å². The van der Waals surface area contributed by atoms with Crippen LogP contribution in [0.15, 0.2) is 60.7 Å². The number of carbonyl (C=O) groups is 1. The third-order valence-corrected chi connectivity index (χ3v) is 10.2. The Kier molecular flexibility index (Phi) is 14.7. The molecule has 0 radical (unpaired) electrons. The van der Waals surface area contributed by atoms with Gasteiger partial charge in [-0.05, 0) is 11.1 Å². The summed E-state index contributed by atoms with van der Waals surface area (Å²) in [5.74, 6) is -0.0626. The first-order chi connectivity index (χ1) is 21.0. The summed E-state index contributed by atoms with van der Waals surface area (Å²) in [6, 6.07) is 19.6. The van der Waals surface area contributed by atoms with Gasteiger partial charge in [-0.25, -0.2) is 0 Å². The van der Waals surface area contributed by atoms with Gasteiger partial charge in [0.1, 0.15) is 0 Å². The number of hydrogen-bond acceptors (Lipinski definition) is 8. The van der Waals surface area contributed by atoms with E-state index in [4.69, 9.17) is 0 Å². The van der Waals surface area contributed by atoms with Gasteiger partial charge in [-0.3, -0.25) is 38.1 Å². The average Bonchev–Trinajstić information content (AvgIpc) is 2.93. The van der Waals surface area contributed by atoms with Gasteiger partial charge in [0.05, 0.1) is 25.4 Å². The summed E-state index contributed by atoms with van der Waals surface area (Å²) >= 11 is 0. The summed E-state index contributed by atoms with van der Waals surface area (Å²) in [5.41, 5.74) is 2.03. The molecular formula is C30H50N5O7P3. The highest BCUT2D eigenvalue weighted by atomic mass is 31.2. The van der Waals surface area contributed by atoms with Crippen molar-refractivity contribution in [1.29, 1.82) is 0 Å². The van der Waals surface area contributed by atoms with Crippen molar-refractivity contribution in [3.05, 3.63) is 71.8 Å². The Balaban J connectivity index is 1.84. The lowest BCUT2D eigenvalue weighted by molar-refractivity contribution is -0.133. The molecule has 12 nitrogen and oxygen atoms in total. The van der Waals surface area contributed by atoms with Gasteiger partial charge in [0.2, 0.25) is 28.0 Å². The minimum absolute atomic E-state index is 0.0324. The molecule has 3 unspecified atom stereocenters. The number of carbonyl (C=O) groups excluding carboxylic acids is 1. The van der Waals surface area contributed by atoms with E-state index in [0.717, 1.165) is 11.1 Å². The highest BCUT2D eigenvalue weighted by Gasteiger charge is 2.26. The summed E-state index contributed by atoms with van der Waals surface area (Å²) < 4.78 is 37.1. The van der Waals surface area contributed by atoms with E-state index < -0.39 is 22.1 Å². The summed E-state index contributed by atoms with van der Waals surface area (Å²) in [7, 11) is -10.2. The topological polar surface area (TPSA) is 145 Å². The monoisotopic (exact) mass is 685 g/mol. The summed E-state index contributed by atoms with van der Waals surface area (Å²) in [6.07, 6.45) is -0.107. The molecule has 2 aromatic carbocycles. The molecule has 0 spiro atoms. The van der Waals surface area contributed by atoms with Crippen LogP contribution in [0, 0.1) is 0 Å². The molecular weight excluding hydrogens is 635 g/mol. The summed E-state index contributed by atoms with van der Waals surface area (Å²) in [6.45, 7) is 8.15. The molecule has 0 aromatic heterocycles. The highest BCUT2D eigenvalue weighted by molar-refractivity contribution is 7.57. The first kappa shape index (κ1) is 37.8. The molecule has 45 heavy (non-hydrogen) atoms. The molecule has 0 bridgehead atoms. The zero-order valence-electron chi connectivity index (χ0n) is 26.7. The van der Waals surface area contributed by atoms with Crippen LogP contribution in [0.2, 0.25) is 0 Å². The van der Waals surface area contributed by atoms with Crippen molar-refractivity contribution in [2.45, 2.75) is 13.1 Å². The Morgan fingerprint density at radius 3 is 1.16 bits per heavy atom. The molecule has 0 aliphatic carbocycles. The zero-order valence-corrected chi connectivity index (χ0v) is 29.4. The standard InChI is InChI=1S/C30H50N5O7P3/c1-43(37,38)25-32-16-14-31(15-17-33(26-44(2,39)40)19-21-34(20-18-32)27-45(3,41)42)24-30(36)35(22-28-10-6-4-7-11-28)23-29-12-8-5-9-13-29/h4-13H,14-27H2,1-3H3,(H,37,38)(H,39,40)(H,41,42). The van der Waals surface area contributed by atoms with Crippen molar-refractivity contribution < 1.29 is 33.2 Å². The molecule has 3 N–H and O–H groups in total. The van der Waals surface area contributed by atoms with Gasteiger partial charge in [0.25, 0.3) is 0 Å². The van der Waals surface area contributed by atoms with E-state index in [9.17, 15) is 33.2 Å². The minimum atomic E-state index is -3.40. The Morgan fingerprint density at radius 1 is 0.578 bits per heavy atom. The maximum atomic E-state index is 13.9. The second kappa shape index (κ2) is 17.5. The minimum Gasteiger partial charge on any atom is -0.344 e. The quantitative estimate of drug-likeness (QED) is 0.284. The molecule has 1 saturated heterocycles. The molecule has 252 valence electrons. The maximum Gasteiger partial charge on any atom is 0.237 e. The van der Waals surface area contributed by atoms with Crippen molar-refractivity contribution in [3.63, 3.8) is 0 Å². The van der Waals surface area contributed by atoms with Crippen molar-refractivity contribution in [3.8, 4) is 0 Å². The largest absolute Gasteiger partial charge is 0.344 e.